The number of hydrogen-bond donors (Lipinski definition) is 1. The van der Waals surface area contributed by atoms with Gasteiger partial charge in [0.25, 0.3) is 11.8 Å². The number of carbonyl (C=O) groups is 2. The highest BCUT2D eigenvalue weighted by molar-refractivity contribution is 6.13. The van der Waals surface area contributed by atoms with E-state index in [1.54, 1.807) is 6.92 Å². The summed E-state index contributed by atoms with van der Waals surface area (Å²) in [5, 5.41) is 0. The summed E-state index contributed by atoms with van der Waals surface area (Å²) in [5.74, 6) is -0.562. The molecule has 0 spiro atoms. The Morgan fingerprint density at radius 1 is 1.33 bits per heavy atom. The smallest absolute Gasteiger partial charge is 0.253 e. The van der Waals surface area contributed by atoms with Crippen molar-refractivity contribution < 1.29 is 14.3 Å². The molecule has 0 aromatic rings. The average Bonchev–Trinajstić information content (AvgIpc) is 2.54. The fourth-order valence-electron chi connectivity index (χ4n) is 1.29. The Morgan fingerprint density at radius 2 is 1.87 bits per heavy atom. The second-order valence-corrected chi connectivity index (χ2v) is 3.61. The molecule has 5 heteroatoms. The zero-order valence-corrected chi connectivity index (χ0v) is 8.97. The van der Waals surface area contributed by atoms with E-state index in [1.165, 1.54) is 17.1 Å². The van der Waals surface area contributed by atoms with Crippen molar-refractivity contribution in [2.75, 3.05) is 13.2 Å². The first kappa shape index (κ1) is 11.9. The van der Waals surface area contributed by atoms with Crippen LogP contribution in [0.3, 0.4) is 0 Å². The normalized spacial score (nSPS) is 19.8. The molecule has 1 aliphatic rings. The maximum absolute atomic E-state index is 11.3. The first-order valence-electron chi connectivity index (χ1n) is 4.93. The third-order valence-corrected chi connectivity index (χ3v) is 2.24. The largest absolute Gasteiger partial charge is 0.375 e. The monoisotopic (exact) mass is 212 g/mol. The second-order valence-electron chi connectivity index (χ2n) is 3.61. The predicted octanol–water partition coefficient (Wildman–Crippen LogP) is -0.336. The lowest BCUT2D eigenvalue weighted by Crippen LogP contribution is -2.41. The summed E-state index contributed by atoms with van der Waals surface area (Å²) < 4.78 is 5.36. The summed E-state index contributed by atoms with van der Waals surface area (Å²) in [6.07, 6.45) is 2.48. The average molecular weight is 212 g/mol. The van der Waals surface area contributed by atoms with Crippen LogP contribution >= 0.6 is 0 Å². The lowest BCUT2D eigenvalue weighted by molar-refractivity contribution is -0.140. The molecule has 0 aromatic heterocycles. The summed E-state index contributed by atoms with van der Waals surface area (Å²) in [6.45, 7) is 4.36. The Morgan fingerprint density at radius 3 is 2.33 bits per heavy atom. The van der Waals surface area contributed by atoms with E-state index in [2.05, 4.69) is 0 Å². The lowest BCUT2D eigenvalue weighted by atomic mass is 10.3. The van der Waals surface area contributed by atoms with E-state index >= 15 is 0 Å². The summed E-state index contributed by atoms with van der Waals surface area (Å²) >= 11 is 0. The number of amides is 2. The van der Waals surface area contributed by atoms with Gasteiger partial charge in [0.1, 0.15) is 0 Å². The molecular weight excluding hydrogens is 196 g/mol. The van der Waals surface area contributed by atoms with Crippen molar-refractivity contribution in [3.63, 3.8) is 0 Å². The number of imide groups is 1. The molecule has 0 aliphatic carbocycles. The van der Waals surface area contributed by atoms with Crippen molar-refractivity contribution in [2.24, 2.45) is 5.73 Å². The van der Waals surface area contributed by atoms with Crippen LogP contribution in [0.5, 0.6) is 0 Å². The number of rotatable bonds is 5. The molecule has 2 unspecified atom stereocenters. The van der Waals surface area contributed by atoms with Gasteiger partial charge in [0.2, 0.25) is 0 Å². The SMILES string of the molecule is CC(CN)OCC(C)N1C(=O)C=CC1=O. The van der Waals surface area contributed by atoms with E-state index in [1.807, 2.05) is 6.92 Å². The molecule has 0 saturated heterocycles. The van der Waals surface area contributed by atoms with Crippen LogP contribution in [-0.2, 0) is 14.3 Å². The Bertz CT molecular complexity index is 270. The van der Waals surface area contributed by atoms with Crippen LogP contribution in [0.15, 0.2) is 12.2 Å². The molecule has 15 heavy (non-hydrogen) atoms. The Kier molecular flexibility index (Phi) is 3.99. The molecule has 2 N–H and O–H groups in total. The zero-order valence-electron chi connectivity index (χ0n) is 8.97. The molecular formula is C10H16N2O3. The molecule has 0 aromatic carbocycles. The van der Waals surface area contributed by atoms with Gasteiger partial charge < -0.3 is 10.5 Å². The van der Waals surface area contributed by atoms with E-state index in [0.717, 1.165) is 0 Å². The number of hydrogen-bond acceptors (Lipinski definition) is 4. The van der Waals surface area contributed by atoms with Crippen LogP contribution in [0, 0.1) is 0 Å². The quantitative estimate of drug-likeness (QED) is 0.633. The highest BCUT2D eigenvalue weighted by Crippen LogP contribution is 2.09. The molecule has 5 nitrogen and oxygen atoms in total. The van der Waals surface area contributed by atoms with Crippen molar-refractivity contribution in [2.45, 2.75) is 26.0 Å². The van der Waals surface area contributed by atoms with Gasteiger partial charge in [-0.25, -0.2) is 0 Å². The summed E-state index contributed by atoms with van der Waals surface area (Å²) in [4.78, 5) is 23.7. The first-order valence-corrected chi connectivity index (χ1v) is 4.93. The number of nitrogens with two attached hydrogens (primary N) is 1. The van der Waals surface area contributed by atoms with E-state index < -0.39 is 0 Å². The van der Waals surface area contributed by atoms with Gasteiger partial charge in [-0.2, -0.15) is 0 Å². The molecule has 0 saturated carbocycles. The van der Waals surface area contributed by atoms with Crippen molar-refractivity contribution in [1.29, 1.82) is 0 Å². The molecule has 2 amide bonds. The van der Waals surface area contributed by atoms with Gasteiger partial charge in [0, 0.05) is 18.7 Å². The van der Waals surface area contributed by atoms with Gasteiger partial charge in [-0.1, -0.05) is 0 Å². The summed E-state index contributed by atoms with van der Waals surface area (Å²) in [5.41, 5.74) is 5.38. The molecule has 0 fully saturated rings. The highest BCUT2D eigenvalue weighted by atomic mass is 16.5. The van der Waals surface area contributed by atoms with Gasteiger partial charge in [-0.3, -0.25) is 14.5 Å². The van der Waals surface area contributed by atoms with Gasteiger partial charge in [0.15, 0.2) is 0 Å². The van der Waals surface area contributed by atoms with E-state index in [4.69, 9.17) is 10.5 Å². The van der Waals surface area contributed by atoms with E-state index in [9.17, 15) is 9.59 Å². The third kappa shape index (κ3) is 2.87. The van der Waals surface area contributed by atoms with E-state index in [-0.39, 0.29) is 24.0 Å². The minimum absolute atomic E-state index is 0.0618. The number of nitrogens with zero attached hydrogens (tertiary/aromatic N) is 1. The minimum Gasteiger partial charge on any atom is -0.375 e. The summed E-state index contributed by atoms with van der Waals surface area (Å²) in [6, 6.07) is -0.256. The van der Waals surface area contributed by atoms with Gasteiger partial charge in [0.05, 0.1) is 18.8 Å². The van der Waals surface area contributed by atoms with Crippen LogP contribution in [0.4, 0.5) is 0 Å². The standard InChI is InChI=1S/C10H16N2O3/c1-7(6-15-8(2)5-11)12-9(13)3-4-10(12)14/h3-4,7-8H,5-6,11H2,1-2H3. The van der Waals surface area contributed by atoms with Crippen LogP contribution in [0.1, 0.15) is 13.8 Å². The van der Waals surface area contributed by atoms with Gasteiger partial charge >= 0.3 is 0 Å². The van der Waals surface area contributed by atoms with E-state index in [0.29, 0.717) is 13.2 Å². The Hall–Kier alpha value is -1.20. The maximum Gasteiger partial charge on any atom is 0.253 e. The molecule has 0 bridgehead atoms. The topological polar surface area (TPSA) is 72.6 Å². The first-order chi connectivity index (χ1) is 7.06. The number of carbonyl (C=O) groups excluding carboxylic acids is 2. The highest BCUT2D eigenvalue weighted by Gasteiger charge is 2.28. The molecule has 1 heterocycles. The van der Waals surface area contributed by atoms with Crippen molar-refractivity contribution in [3.8, 4) is 0 Å². The van der Waals surface area contributed by atoms with Gasteiger partial charge in [-0.15, -0.1) is 0 Å². The van der Waals surface area contributed by atoms with Crippen LogP contribution < -0.4 is 5.73 Å². The van der Waals surface area contributed by atoms with Crippen molar-refractivity contribution >= 4 is 11.8 Å². The second kappa shape index (κ2) is 5.04. The molecule has 1 aliphatic heterocycles. The lowest BCUT2D eigenvalue weighted by Gasteiger charge is -2.23. The Labute approximate surface area is 88.9 Å². The zero-order chi connectivity index (χ0) is 11.4. The fourth-order valence-corrected chi connectivity index (χ4v) is 1.29. The molecule has 2 atom stereocenters. The predicted molar refractivity (Wildman–Crippen MR) is 54.9 cm³/mol. The third-order valence-electron chi connectivity index (χ3n) is 2.24. The molecule has 84 valence electrons. The van der Waals surface area contributed by atoms with Crippen molar-refractivity contribution in [1.82, 2.24) is 4.90 Å². The van der Waals surface area contributed by atoms with Crippen LogP contribution in [0.2, 0.25) is 0 Å². The molecule has 1 rings (SSSR count). The fraction of sp³-hybridized carbons (Fsp3) is 0.600. The summed E-state index contributed by atoms with van der Waals surface area (Å²) in [7, 11) is 0. The Balaban J connectivity index is 2.44. The van der Waals surface area contributed by atoms with Crippen LogP contribution in [0.25, 0.3) is 0 Å². The molecule has 0 radical (unpaired) electrons. The van der Waals surface area contributed by atoms with Crippen LogP contribution in [-0.4, -0.2) is 42.0 Å². The maximum atomic E-state index is 11.3. The number of ether oxygens (including phenoxy) is 1. The minimum atomic E-state index is -0.281. The van der Waals surface area contributed by atoms with Crippen molar-refractivity contribution in [3.05, 3.63) is 12.2 Å². The van der Waals surface area contributed by atoms with Gasteiger partial charge in [-0.05, 0) is 13.8 Å².